The number of urea groups is 1. The maximum atomic E-state index is 11.5. The number of carbonyl (C=O) groups is 2. The molecule has 0 atom stereocenters. The van der Waals surface area contributed by atoms with Gasteiger partial charge in [0.25, 0.3) is 0 Å². The molecule has 1 heterocycles. The Morgan fingerprint density at radius 1 is 1.33 bits per heavy atom. The number of nitrogens with one attached hydrogen (secondary N) is 2. The Morgan fingerprint density at radius 3 is 2.78 bits per heavy atom. The summed E-state index contributed by atoms with van der Waals surface area (Å²) in [5.41, 5.74) is 0.732. The normalized spacial score (nSPS) is 14.2. The minimum absolute atomic E-state index is 0.284. The fraction of sp³-hybridized carbons (Fsp3) is 0.333. The van der Waals surface area contributed by atoms with E-state index in [1.54, 1.807) is 17.0 Å². The first-order chi connectivity index (χ1) is 8.75. The van der Waals surface area contributed by atoms with Gasteiger partial charge < -0.3 is 20.3 Å². The molecule has 0 bridgehead atoms. The highest BCUT2D eigenvalue weighted by Crippen LogP contribution is 2.04. The Bertz CT molecular complexity index is 422. The van der Waals surface area contributed by atoms with Gasteiger partial charge in [0, 0.05) is 18.8 Å². The van der Waals surface area contributed by atoms with E-state index in [9.17, 15) is 9.59 Å². The van der Waals surface area contributed by atoms with E-state index in [4.69, 9.17) is 4.74 Å². The van der Waals surface area contributed by atoms with Crippen molar-refractivity contribution in [2.24, 2.45) is 0 Å². The number of rotatable bonds is 4. The zero-order valence-corrected chi connectivity index (χ0v) is 9.89. The second kappa shape index (κ2) is 5.90. The van der Waals surface area contributed by atoms with Gasteiger partial charge in [-0.1, -0.05) is 18.2 Å². The number of amides is 3. The summed E-state index contributed by atoms with van der Waals surface area (Å²) in [5.74, 6) is 0. The van der Waals surface area contributed by atoms with E-state index < -0.39 is 0 Å². The molecule has 1 aliphatic heterocycles. The highest BCUT2D eigenvalue weighted by molar-refractivity contribution is 5.89. The zero-order chi connectivity index (χ0) is 12.8. The van der Waals surface area contributed by atoms with E-state index in [1.165, 1.54) is 0 Å². The molecule has 0 unspecified atom stereocenters. The van der Waals surface area contributed by atoms with E-state index >= 15 is 0 Å². The van der Waals surface area contributed by atoms with Crippen molar-refractivity contribution in [2.75, 3.05) is 31.6 Å². The molecule has 0 aromatic heterocycles. The summed E-state index contributed by atoms with van der Waals surface area (Å²) in [7, 11) is 0. The summed E-state index contributed by atoms with van der Waals surface area (Å²) in [4.78, 5) is 24.2. The van der Waals surface area contributed by atoms with Crippen LogP contribution in [0, 0.1) is 0 Å². The SMILES string of the molecule is O=C(NCCN1CCOC1=O)Nc1ccccc1. The van der Waals surface area contributed by atoms with E-state index in [2.05, 4.69) is 10.6 Å². The molecule has 1 aliphatic rings. The summed E-state index contributed by atoms with van der Waals surface area (Å²) < 4.78 is 4.78. The van der Waals surface area contributed by atoms with Crippen molar-refractivity contribution in [1.82, 2.24) is 10.2 Å². The molecule has 1 saturated heterocycles. The van der Waals surface area contributed by atoms with Gasteiger partial charge in [0.05, 0.1) is 6.54 Å². The number of ether oxygens (including phenoxy) is 1. The van der Waals surface area contributed by atoms with Gasteiger partial charge in [0.15, 0.2) is 0 Å². The Labute approximate surface area is 105 Å². The average molecular weight is 249 g/mol. The lowest BCUT2D eigenvalue weighted by molar-refractivity contribution is 0.158. The van der Waals surface area contributed by atoms with Gasteiger partial charge in [-0.05, 0) is 12.1 Å². The average Bonchev–Trinajstić information content (AvgIpc) is 2.76. The minimum Gasteiger partial charge on any atom is -0.448 e. The van der Waals surface area contributed by atoms with Crippen molar-refractivity contribution in [3.8, 4) is 0 Å². The van der Waals surface area contributed by atoms with Gasteiger partial charge in [-0.3, -0.25) is 0 Å². The van der Waals surface area contributed by atoms with Crippen molar-refractivity contribution in [1.29, 1.82) is 0 Å². The number of para-hydroxylation sites is 1. The molecule has 0 aliphatic carbocycles. The van der Waals surface area contributed by atoms with Crippen molar-refractivity contribution in [3.05, 3.63) is 30.3 Å². The van der Waals surface area contributed by atoms with Gasteiger partial charge in [-0.25, -0.2) is 9.59 Å². The topological polar surface area (TPSA) is 70.7 Å². The quantitative estimate of drug-likeness (QED) is 0.844. The molecule has 1 aromatic rings. The van der Waals surface area contributed by atoms with Gasteiger partial charge in [0.2, 0.25) is 0 Å². The van der Waals surface area contributed by atoms with Crippen LogP contribution in [-0.4, -0.2) is 43.3 Å². The van der Waals surface area contributed by atoms with Gasteiger partial charge >= 0.3 is 12.1 Å². The maximum absolute atomic E-state index is 11.5. The van der Waals surface area contributed by atoms with Crippen LogP contribution in [0.15, 0.2) is 30.3 Å². The highest BCUT2D eigenvalue weighted by Gasteiger charge is 2.20. The number of carbonyl (C=O) groups excluding carboxylic acids is 2. The second-order valence-corrected chi connectivity index (χ2v) is 3.85. The fourth-order valence-electron chi connectivity index (χ4n) is 1.63. The third-order valence-electron chi connectivity index (χ3n) is 2.54. The molecule has 6 heteroatoms. The molecule has 0 radical (unpaired) electrons. The van der Waals surface area contributed by atoms with Gasteiger partial charge in [-0.2, -0.15) is 0 Å². The van der Waals surface area contributed by atoms with E-state index in [1.807, 2.05) is 18.2 Å². The van der Waals surface area contributed by atoms with Crippen molar-refractivity contribution in [2.45, 2.75) is 0 Å². The molecule has 0 saturated carbocycles. The first-order valence-corrected chi connectivity index (χ1v) is 5.77. The lowest BCUT2D eigenvalue weighted by atomic mass is 10.3. The monoisotopic (exact) mass is 249 g/mol. The Kier molecular flexibility index (Phi) is 4.01. The van der Waals surface area contributed by atoms with Crippen LogP contribution >= 0.6 is 0 Å². The Balaban J connectivity index is 1.67. The van der Waals surface area contributed by atoms with Crippen LogP contribution in [0.1, 0.15) is 0 Å². The van der Waals surface area contributed by atoms with Crippen LogP contribution in [0.4, 0.5) is 15.3 Å². The molecule has 18 heavy (non-hydrogen) atoms. The summed E-state index contributed by atoms with van der Waals surface area (Å²) in [6.07, 6.45) is -0.319. The lowest BCUT2D eigenvalue weighted by Gasteiger charge is -2.13. The molecular weight excluding hydrogens is 234 g/mol. The van der Waals surface area contributed by atoms with Crippen molar-refractivity contribution >= 4 is 17.8 Å². The predicted octanol–water partition coefficient (Wildman–Crippen LogP) is 1.26. The smallest absolute Gasteiger partial charge is 0.409 e. The molecule has 2 rings (SSSR count). The zero-order valence-electron chi connectivity index (χ0n) is 9.89. The molecule has 2 N–H and O–H groups in total. The molecular formula is C12H15N3O3. The van der Waals surface area contributed by atoms with E-state index in [0.717, 1.165) is 5.69 Å². The third-order valence-corrected chi connectivity index (χ3v) is 2.54. The van der Waals surface area contributed by atoms with Gasteiger partial charge in [0.1, 0.15) is 6.61 Å². The largest absolute Gasteiger partial charge is 0.448 e. The summed E-state index contributed by atoms with van der Waals surface area (Å²) in [6, 6.07) is 8.89. The van der Waals surface area contributed by atoms with Gasteiger partial charge in [-0.15, -0.1) is 0 Å². The third kappa shape index (κ3) is 3.38. The summed E-state index contributed by atoms with van der Waals surface area (Å²) in [5, 5.41) is 5.37. The maximum Gasteiger partial charge on any atom is 0.409 e. The van der Waals surface area contributed by atoms with E-state index in [0.29, 0.717) is 26.2 Å². The minimum atomic E-state index is -0.319. The molecule has 0 spiro atoms. The first kappa shape index (κ1) is 12.2. The van der Waals surface area contributed by atoms with Crippen LogP contribution in [0.25, 0.3) is 0 Å². The number of hydrogen-bond acceptors (Lipinski definition) is 3. The Morgan fingerprint density at radius 2 is 2.11 bits per heavy atom. The lowest BCUT2D eigenvalue weighted by Crippen LogP contribution is -2.37. The van der Waals surface area contributed by atoms with Crippen LogP contribution in [0.2, 0.25) is 0 Å². The summed E-state index contributed by atoms with van der Waals surface area (Å²) >= 11 is 0. The number of anilines is 1. The molecule has 6 nitrogen and oxygen atoms in total. The molecule has 1 aromatic carbocycles. The second-order valence-electron chi connectivity index (χ2n) is 3.85. The molecule has 96 valence electrons. The fourth-order valence-corrected chi connectivity index (χ4v) is 1.63. The van der Waals surface area contributed by atoms with Crippen LogP contribution in [0.3, 0.4) is 0 Å². The summed E-state index contributed by atoms with van der Waals surface area (Å²) in [6.45, 7) is 1.87. The van der Waals surface area contributed by atoms with Crippen molar-refractivity contribution < 1.29 is 14.3 Å². The van der Waals surface area contributed by atoms with Crippen LogP contribution in [-0.2, 0) is 4.74 Å². The van der Waals surface area contributed by atoms with Crippen LogP contribution in [0.5, 0.6) is 0 Å². The number of hydrogen-bond donors (Lipinski definition) is 2. The standard InChI is InChI=1S/C12H15N3O3/c16-11(14-10-4-2-1-3-5-10)13-6-7-15-8-9-18-12(15)17/h1-5H,6-9H2,(H2,13,14,16). The first-order valence-electron chi connectivity index (χ1n) is 5.77. The molecule has 3 amide bonds. The molecule has 1 fully saturated rings. The number of benzene rings is 1. The Hall–Kier alpha value is -2.24. The van der Waals surface area contributed by atoms with Crippen molar-refractivity contribution in [3.63, 3.8) is 0 Å². The number of nitrogens with zero attached hydrogens (tertiary/aromatic N) is 1. The highest BCUT2D eigenvalue weighted by atomic mass is 16.6. The number of cyclic esters (lactones) is 1. The van der Waals surface area contributed by atoms with Crippen LogP contribution < -0.4 is 10.6 Å². The predicted molar refractivity (Wildman–Crippen MR) is 66.4 cm³/mol. The van der Waals surface area contributed by atoms with E-state index in [-0.39, 0.29) is 12.1 Å².